The van der Waals surface area contributed by atoms with Crippen LogP contribution >= 0.6 is 17.0 Å². The molecule has 0 unspecified atom stereocenters. The van der Waals surface area contributed by atoms with Crippen molar-refractivity contribution in [2.24, 2.45) is 4.99 Å². The summed E-state index contributed by atoms with van der Waals surface area (Å²) in [5, 5.41) is 6.06. The van der Waals surface area contributed by atoms with Crippen molar-refractivity contribution in [3.63, 3.8) is 0 Å². The van der Waals surface area contributed by atoms with Crippen LogP contribution in [0.3, 0.4) is 0 Å². The van der Waals surface area contributed by atoms with Gasteiger partial charge in [-0.25, -0.2) is 0 Å². The molecule has 0 aliphatic carbocycles. The van der Waals surface area contributed by atoms with Gasteiger partial charge in [0.1, 0.15) is 12.4 Å². The minimum Gasteiger partial charge on any atom is -0.492 e. The number of nitrogens with zero attached hydrogens (tertiary/aromatic N) is 1. The van der Waals surface area contributed by atoms with Crippen molar-refractivity contribution in [3.8, 4) is 5.75 Å². The van der Waals surface area contributed by atoms with E-state index in [-0.39, 0.29) is 17.0 Å². The molecule has 1 aromatic rings. The van der Waals surface area contributed by atoms with Crippen LogP contribution in [0.1, 0.15) is 5.56 Å². The van der Waals surface area contributed by atoms with Gasteiger partial charge in [0, 0.05) is 14.1 Å². The molecule has 0 aliphatic rings. The van der Waals surface area contributed by atoms with E-state index in [0.717, 1.165) is 18.3 Å². The third kappa shape index (κ3) is 6.16. The number of aliphatic imine (C=N–C) groups is 1. The standard InChI is InChI=1S/C12H19N3O.BrH/c1-10-4-6-11(7-5-10)16-9-8-15-12(13-2)14-3;/h4-7H,8-9H2,1-3H3,(H2,13,14,15);1H. The van der Waals surface area contributed by atoms with E-state index in [1.165, 1.54) is 5.56 Å². The Bertz CT molecular complexity index is 338. The summed E-state index contributed by atoms with van der Waals surface area (Å²) >= 11 is 0. The summed E-state index contributed by atoms with van der Waals surface area (Å²) in [5.74, 6) is 1.67. The second-order valence-electron chi connectivity index (χ2n) is 3.41. The number of hydrogen-bond acceptors (Lipinski definition) is 2. The summed E-state index contributed by atoms with van der Waals surface area (Å²) in [4.78, 5) is 4.00. The van der Waals surface area contributed by atoms with Gasteiger partial charge in [-0.15, -0.1) is 17.0 Å². The number of ether oxygens (including phenoxy) is 1. The molecule has 0 saturated carbocycles. The average molecular weight is 302 g/mol. The highest BCUT2D eigenvalue weighted by atomic mass is 79.9. The monoisotopic (exact) mass is 301 g/mol. The van der Waals surface area contributed by atoms with Gasteiger partial charge in [-0.3, -0.25) is 4.99 Å². The van der Waals surface area contributed by atoms with Crippen LogP contribution in [0.4, 0.5) is 0 Å². The lowest BCUT2D eigenvalue weighted by atomic mass is 10.2. The second-order valence-corrected chi connectivity index (χ2v) is 3.41. The quantitative estimate of drug-likeness (QED) is 0.506. The summed E-state index contributed by atoms with van der Waals surface area (Å²) in [6.07, 6.45) is 0. The molecule has 2 N–H and O–H groups in total. The highest BCUT2D eigenvalue weighted by Gasteiger charge is 1.94. The van der Waals surface area contributed by atoms with Gasteiger partial charge in [0.25, 0.3) is 0 Å². The third-order valence-electron chi connectivity index (χ3n) is 2.14. The number of guanidine groups is 1. The number of nitrogens with one attached hydrogen (secondary N) is 2. The normalized spacial score (nSPS) is 10.4. The van der Waals surface area contributed by atoms with Crippen LogP contribution in [0.15, 0.2) is 29.3 Å². The molecule has 1 aromatic carbocycles. The van der Waals surface area contributed by atoms with Gasteiger partial charge in [-0.05, 0) is 19.1 Å². The first-order valence-corrected chi connectivity index (χ1v) is 5.34. The minimum absolute atomic E-state index is 0. The highest BCUT2D eigenvalue weighted by molar-refractivity contribution is 8.93. The van der Waals surface area contributed by atoms with E-state index < -0.39 is 0 Å². The smallest absolute Gasteiger partial charge is 0.190 e. The van der Waals surface area contributed by atoms with Crippen LogP contribution in [0.25, 0.3) is 0 Å². The number of aryl methyl sites for hydroxylation is 1. The van der Waals surface area contributed by atoms with Crippen LogP contribution in [0.2, 0.25) is 0 Å². The van der Waals surface area contributed by atoms with Crippen molar-refractivity contribution < 1.29 is 4.74 Å². The first-order chi connectivity index (χ1) is 7.76. The molecule has 17 heavy (non-hydrogen) atoms. The Hall–Kier alpha value is -1.23. The van der Waals surface area contributed by atoms with E-state index in [4.69, 9.17) is 4.74 Å². The molecule has 1 rings (SSSR count). The van der Waals surface area contributed by atoms with Crippen molar-refractivity contribution in [2.45, 2.75) is 6.92 Å². The molecule has 0 aromatic heterocycles. The van der Waals surface area contributed by atoms with E-state index in [1.807, 2.05) is 31.3 Å². The Balaban J connectivity index is 0.00000256. The summed E-state index contributed by atoms with van der Waals surface area (Å²) in [7, 11) is 3.57. The molecule has 0 atom stereocenters. The first kappa shape index (κ1) is 15.8. The number of rotatable bonds is 4. The Labute approximate surface area is 113 Å². The predicted molar refractivity (Wildman–Crippen MR) is 77.4 cm³/mol. The molecule has 0 fully saturated rings. The molecule has 5 heteroatoms. The largest absolute Gasteiger partial charge is 0.492 e. The second kappa shape index (κ2) is 8.87. The van der Waals surface area contributed by atoms with Crippen LogP contribution < -0.4 is 15.4 Å². The fourth-order valence-corrected chi connectivity index (χ4v) is 1.25. The lowest BCUT2D eigenvalue weighted by Crippen LogP contribution is -2.37. The zero-order valence-electron chi connectivity index (χ0n) is 10.5. The van der Waals surface area contributed by atoms with Crippen LogP contribution in [0.5, 0.6) is 5.75 Å². The van der Waals surface area contributed by atoms with E-state index in [9.17, 15) is 0 Å². The third-order valence-corrected chi connectivity index (χ3v) is 2.14. The average Bonchev–Trinajstić information content (AvgIpc) is 2.32. The van der Waals surface area contributed by atoms with Crippen molar-refractivity contribution in [3.05, 3.63) is 29.8 Å². The van der Waals surface area contributed by atoms with E-state index in [2.05, 4.69) is 22.5 Å². The maximum absolute atomic E-state index is 5.56. The zero-order chi connectivity index (χ0) is 11.8. The zero-order valence-corrected chi connectivity index (χ0v) is 12.2. The van der Waals surface area contributed by atoms with Crippen molar-refractivity contribution in [2.75, 3.05) is 27.2 Å². The van der Waals surface area contributed by atoms with Crippen molar-refractivity contribution in [1.82, 2.24) is 10.6 Å². The van der Waals surface area contributed by atoms with Gasteiger partial charge in [0.05, 0.1) is 6.54 Å². The van der Waals surface area contributed by atoms with Gasteiger partial charge >= 0.3 is 0 Å². The molecule has 4 nitrogen and oxygen atoms in total. The first-order valence-electron chi connectivity index (χ1n) is 5.34. The summed E-state index contributed by atoms with van der Waals surface area (Å²) in [6, 6.07) is 8.02. The molecular formula is C12H20BrN3O. The predicted octanol–water partition coefficient (Wildman–Crippen LogP) is 1.75. The molecule has 0 aliphatic heterocycles. The fraction of sp³-hybridized carbons (Fsp3) is 0.417. The summed E-state index contributed by atoms with van der Waals surface area (Å²) in [6.45, 7) is 3.40. The van der Waals surface area contributed by atoms with E-state index in [0.29, 0.717) is 6.61 Å². The van der Waals surface area contributed by atoms with Crippen LogP contribution in [-0.2, 0) is 0 Å². The lowest BCUT2D eigenvalue weighted by molar-refractivity contribution is 0.322. The number of halogens is 1. The Morgan fingerprint density at radius 1 is 1.29 bits per heavy atom. The SMILES string of the molecule is Br.CN=C(NC)NCCOc1ccc(C)cc1. The topological polar surface area (TPSA) is 45.7 Å². The highest BCUT2D eigenvalue weighted by Crippen LogP contribution is 2.10. The molecule has 0 saturated heterocycles. The van der Waals surface area contributed by atoms with Gasteiger partial charge in [-0.2, -0.15) is 0 Å². The molecule has 0 heterocycles. The number of hydrogen-bond donors (Lipinski definition) is 2. The molecule has 96 valence electrons. The van der Waals surface area contributed by atoms with E-state index in [1.54, 1.807) is 7.05 Å². The molecule has 0 spiro atoms. The molecular weight excluding hydrogens is 282 g/mol. The maximum atomic E-state index is 5.56. The minimum atomic E-state index is 0. The fourth-order valence-electron chi connectivity index (χ4n) is 1.25. The Morgan fingerprint density at radius 2 is 1.94 bits per heavy atom. The van der Waals surface area contributed by atoms with Crippen LogP contribution in [-0.4, -0.2) is 33.2 Å². The molecule has 0 amide bonds. The van der Waals surface area contributed by atoms with Gasteiger partial charge in [0.15, 0.2) is 5.96 Å². The van der Waals surface area contributed by atoms with Gasteiger partial charge < -0.3 is 15.4 Å². The van der Waals surface area contributed by atoms with Gasteiger partial charge in [-0.1, -0.05) is 17.7 Å². The molecule has 0 bridgehead atoms. The van der Waals surface area contributed by atoms with E-state index >= 15 is 0 Å². The summed E-state index contributed by atoms with van der Waals surface area (Å²) in [5.41, 5.74) is 1.24. The number of benzene rings is 1. The van der Waals surface area contributed by atoms with Crippen molar-refractivity contribution in [1.29, 1.82) is 0 Å². The Morgan fingerprint density at radius 3 is 2.47 bits per heavy atom. The molecule has 0 radical (unpaired) electrons. The Kier molecular flexibility index (Phi) is 8.23. The maximum Gasteiger partial charge on any atom is 0.190 e. The summed E-state index contributed by atoms with van der Waals surface area (Å²) < 4.78 is 5.56. The lowest BCUT2D eigenvalue weighted by Gasteiger charge is -2.09. The van der Waals surface area contributed by atoms with Gasteiger partial charge in [0.2, 0.25) is 0 Å². The van der Waals surface area contributed by atoms with Crippen LogP contribution in [0, 0.1) is 6.92 Å². The van der Waals surface area contributed by atoms with Crippen molar-refractivity contribution >= 4 is 22.9 Å².